The van der Waals surface area contributed by atoms with Crippen LogP contribution in [0.15, 0.2) is 27.6 Å². The fourth-order valence-corrected chi connectivity index (χ4v) is 3.42. The quantitative estimate of drug-likeness (QED) is 0.924. The number of hydrogen-bond acceptors (Lipinski definition) is 3. The Hall–Kier alpha value is -0.880. The molecule has 0 aromatic heterocycles. The highest BCUT2D eigenvalue weighted by atomic mass is 79.9. The van der Waals surface area contributed by atoms with Gasteiger partial charge < -0.3 is 5.11 Å². The molecule has 0 saturated carbocycles. The van der Waals surface area contributed by atoms with Crippen molar-refractivity contribution in [2.45, 2.75) is 24.7 Å². The molecule has 0 radical (unpaired) electrons. The molecule has 0 amide bonds. The molecule has 0 aliphatic carbocycles. The van der Waals surface area contributed by atoms with Crippen molar-refractivity contribution in [2.24, 2.45) is 0 Å². The second-order valence-corrected chi connectivity index (χ2v) is 6.75. The summed E-state index contributed by atoms with van der Waals surface area (Å²) >= 11 is 3.17. The topological polar surface area (TPSA) is 71.4 Å². The molecule has 0 spiro atoms. The first-order valence-corrected chi connectivity index (χ1v) is 7.49. The van der Waals surface area contributed by atoms with E-state index in [0.29, 0.717) is 10.0 Å². The van der Waals surface area contributed by atoms with Gasteiger partial charge in [-0.2, -0.15) is 0 Å². The van der Waals surface area contributed by atoms with Crippen molar-refractivity contribution in [1.82, 2.24) is 0 Å². The van der Waals surface area contributed by atoms with E-state index < -0.39 is 21.7 Å². The van der Waals surface area contributed by atoms with Crippen molar-refractivity contribution in [3.63, 3.8) is 0 Å². The lowest BCUT2D eigenvalue weighted by Gasteiger charge is -2.10. The Balaban J connectivity index is 3.24. The highest BCUT2D eigenvalue weighted by molar-refractivity contribution is 9.10. The third kappa shape index (κ3) is 3.07. The van der Waals surface area contributed by atoms with E-state index in [1.54, 1.807) is 19.9 Å². The Morgan fingerprint density at radius 1 is 1.47 bits per heavy atom. The van der Waals surface area contributed by atoms with Crippen LogP contribution in [-0.4, -0.2) is 25.2 Å². The minimum Gasteiger partial charge on any atom is -0.481 e. The SMILES string of the molecule is CCS(=O)(=O)c1ccc(C(C)C(=O)O)cc1Br. The Kier molecular flexibility index (Phi) is 4.32. The van der Waals surface area contributed by atoms with Gasteiger partial charge in [0.25, 0.3) is 0 Å². The summed E-state index contributed by atoms with van der Waals surface area (Å²) in [5, 5.41) is 8.87. The second kappa shape index (κ2) is 5.18. The molecule has 0 bridgehead atoms. The number of carboxylic acid groups (broad SMARTS) is 1. The van der Waals surface area contributed by atoms with Crippen molar-refractivity contribution in [2.75, 3.05) is 5.75 Å². The van der Waals surface area contributed by atoms with Gasteiger partial charge in [0.2, 0.25) is 0 Å². The highest BCUT2D eigenvalue weighted by Crippen LogP contribution is 2.27. The van der Waals surface area contributed by atoms with E-state index in [1.807, 2.05) is 0 Å². The lowest BCUT2D eigenvalue weighted by atomic mass is 10.0. The van der Waals surface area contributed by atoms with Gasteiger partial charge >= 0.3 is 5.97 Å². The first-order valence-electron chi connectivity index (χ1n) is 5.04. The maximum absolute atomic E-state index is 11.7. The van der Waals surface area contributed by atoms with Gasteiger partial charge in [-0.3, -0.25) is 4.79 Å². The van der Waals surface area contributed by atoms with Crippen molar-refractivity contribution in [3.05, 3.63) is 28.2 Å². The first-order chi connectivity index (χ1) is 7.79. The Morgan fingerprint density at radius 2 is 2.06 bits per heavy atom. The summed E-state index contributed by atoms with van der Waals surface area (Å²) in [6, 6.07) is 4.52. The number of carboxylic acids is 1. The number of aliphatic carboxylic acids is 1. The van der Waals surface area contributed by atoms with Crippen LogP contribution in [0.2, 0.25) is 0 Å². The zero-order valence-corrected chi connectivity index (χ0v) is 11.9. The third-order valence-corrected chi connectivity index (χ3v) is 5.25. The molecule has 1 rings (SSSR count). The number of hydrogen-bond donors (Lipinski definition) is 1. The van der Waals surface area contributed by atoms with Crippen LogP contribution in [0, 0.1) is 0 Å². The van der Waals surface area contributed by atoms with Crippen LogP contribution in [0.25, 0.3) is 0 Å². The predicted molar refractivity (Wildman–Crippen MR) is 67.9 cm³/mol. The zero-order valence-electron chi connectivity index (χ0n) is 9.47. The summed E-state index contributed by atoms with van der Waals surface area (Å²) in [5.74, 6) is -1.59. The maximum atomic E-state index is 11.7. The van der Waals surface area contributed by atoms with Crippen LogP contribution in [0.3, 0.4) is 0 Å². The zero-order chi connectivity index (χ0) is 13.2. The van der Waals surface area contributed by atoms with Crippen LogP contribution in [0.5, 0.6) is 0 Å². The van der Waals surface area contributed by atoms with E-state index in [1.165, 1.54) is 12.1 Å². The van der Waals surface area contributed by atoms with Crippen molar-refractivity contribution >= 4 is 31.7 Å². The third-order valence-electron chi connectivity index (χ3n) is 2.54. The predicted octanol–water partition coefficient (Wildman–Crippen LogP) is 2.43. The maximum Gasteiger partial charge on any atom is 0.310 e. The van der Waals surface area contributed by atoms with Crippen molar-refractivity contribution in [3.8, 4) is 0 Å². The molecule has 0 heterocycles. The standard InChI is InChI=1S/C11H13BrO4S/c1-3-17(15,16)10-5-4-8(6-9(10)12)7(2)11(13)14/h4-7H,3H2,1-2H3,(H,13,14). The van der Waals surface area contributed by atoms with Crippen molar-refractivity contribution in [1.29, 1.82) is 0 Å². The molecule has 1 aromatic carbocycles. The summed E-state index contributed by atoms with van der Waals surface area (Å²) in [7, 11) is -3.29. The fraction of sp³-hybridized carbons (Fsp3) is 0.364. The van der Waals surface area contributed by atoms with E-state index in [2.05, 4.69) is 15.9 Å². The Labute approximate surface area is 109 Å². The fourth-order valence-electron chi connectivity index (χ4n) is 1.34. The van der Waals surface area contributed by atoms with Crippen molar-refractivity contribution < 1.29 is 18.3 Å². The minimum absolute atomic E-state index is 0.0133. The van der Waals surface area contributed by atoms with Crippen LogP contribution < -0.4 is 0 Å². The molecule has 0 saturated heterocycles. The van der Waals surface area contributed by atoms with Crippen LogP contribution in [0.4, 0.5) is 0 Å². The Morgan fingerprint density at radius 3 is 2.47 bits per heavy atom. The molecule has 1 N–H and O–H groups in total. The van der Waals surface area contributed by atoms with Gasteiger partial charge in [-0.05, 0) is 40.5 Å². The van der Waals surface area contributed by atoms with E-state index in [0.717, 1.165) is 0 Å². The second-order valence-electron chi connectivity index (χ2n) is 3.65. The van der Waals surface area contributed by atoms with E-state index >= 15 is 0 Å². The summed E-state index contributed by atoms with van der Waals surface area (Å²) in [5.41, 5.74) is 0.569. The van der Waals surface area contributed by atoms with Gasteiger partial charge in [0.1, 0.15) is 0 Å². The van der Waals surface area contributed by atoms with E-state index in [-0.39, 0.29) is 10.6 Å². The largest absolute Gasteiger partial charge is 0.481 e. The summed E-state index contributed by atoms with van der Waals surface area (Å²) in [4.78, 5) is 11.0. The average molecular weight is 321 g/mol. The molecule has 6 heteroatoms. The summed E-state index contributed by atoms with van der Waals surface area (Å²) < 4.78 is 23.8. The number of rotatable bonds is 4. The molecular weight excluding hydrogens is 308 g/mol. The van der Waals surface area contributed by atoms with Gasteiger partial charge in [0.15, 0.2) is 9.84 Å². The number of benzene rings is 1. The van der Waals surface area contributed by atoms with Gasteiger partial charge in [0.05, 0.1) is 16.6 Å². The molecule has 1 unspecified atom stereocenters. The van der Waals surface area contributed by atoms with Gasteiger partial charge in [-0.1, -0.05) is 13.0 Å². The summed E-state index contributed by atoms with van der Waals surface area (Å²) in [6.07, 6.45) is 0. The van der Waals surface area contributed by atoms with Gasteiger partial charge in [-0.15, -0.1) is 0 Å². The molecule has 1 atom stereocenters. The lowest BCUT2D eigenvalue weighted by Crippen LogP contribution is -2.09. The molecule has 17 heavy (non-hydrogen) atoms. The normalized spacial score (nSPS) is 13.4. The molecular formula is C11H13BrO4S. The lowest BCUT2D eigenvalue weighted by molar-refractivity contribution is -0.138. The van der Waals surface area contributed by atoms with Crippen LogP contribution in [-0.2, 0) is 14.6 Å². The Bertz CT molecular complexity index is 536. The summed E-state index contributed by atoms with van der Waals surface area (Å²) in [6.45, 7) is 3.12. The van der Waals surface area contributed by atoms with E-state index in [9.17, 15) is 13.2 Å². The monoisotopic (exact) mass is 320 g/mol. The number of sulfone groups is 1. The molecule has 4 nitrogen and oxygen atoms in total. The highest BCUT2D eigenvalue weighted by Gasteiger charge is 2.19. The number of halogens is 1. The molecule has 0 aliphatic rings. The smallest absolute Gasteiger partial charge is 0.310 e. The average Bonchev–Trinajstić information content (AvgIpc) is 2.27. The molecule has 1 aromatic rings. The van der Waals surface area contributed by atoms with Gasteiger partial charge in [-0.25, -0.2) is 8.42 Å². The van der Waals surface area contributed by atoms with Gasteiger partial charge in [0, 0.05) is 4.47 Å². The minimum atomic E-state index is -3.29. The molecule has 94 valence electrons. The van der Waals surface area contributed by atoms with Crippen LogP contribution in [0.1, 0.15) is 25.3 Å². The molecule has 0 fully saturated rings. The van der Waals surface area contributed by atoms with E-state index in [4.69, 9.17) is 5.11 Å². The molecule has 0 aliphatic heterocycles. The first kappa shape index (κ1) is 14.2. The number of carbonyl (C=O) groups is 1. The van der Waals surface area contributed by atoms with Crippen LogP contribution >= 0.6 is 15.9 Å².